The van der Waals surface area contributed by atoms with Crippen molar-refractivity contribution in [2.45, 2.75) is 15.7 Å². The van der Waals surface area contributed by atoms with Gasteiger partial charge in [0, 0.05) is 0 Å². The summed E-state index contributed by atoms with van der Waals surface area (Å²) >= 11 is -2.60. The first-order chi connectivity index (χ1) is 6.90. The molecule has 0 saturated heterocycles. The van der Waals surface area contributed by atoms with Crippen molar-refractivity contribution in [2.24, 2.45) is 0 Å². The fraction of sp³-hybridized carbons (Fsp3) is 0.231. The summed E-state index contributed by atoms with van der Waals surface area (Å²) in [4.78, 5) is 0. The standard InChI is InChI=1S/C6H5.C4H4P.3CH3.2ClH.Ti/c1-6-4-2-3-5-6;1-2-4-5-3-1;;;;;;/h2-4H,1H2;1-3,5H;3*1H3;2*1H;/q;;;;;;;+2/p-2. The van der Waals surface area contributed by atoms with Gasteiger partial charge >= 0.3 is 95.0 Å². The zero-order valence-electron chi connectivity index (χ0n) is 10.4. The van der Waals surface area contributed by atoms with Crippen molar-refractivity contribution < 1.29 is 40.1 Å². The van der Waals surface area contributed by atoms with E-state index in [1.165, 1.54) is 9.45 Å². The van der Waals surface area contributed by atoms with Gasteiger partial charge in [-0.1, -0.05) is 0 Å². The summed E-state index contributed by atoms with van der Waals surface area (Å²) in [6, 6.07) is 4.54. The maximum atomic E-state index is 4.17. The summed E-state index contributed by atoms with van der Waals surface area (Å²) < 4.78 is 3.22. The van der Waals surface area contributed by atoms with E-state index in [4.69, 9.17) is 0 Å². The van der Waals surface area contributed by atoms with Crippen LogP contribution in [0, 0.1) is 0 Å². The molecule has 0 radical (unpaired) electrons. The molecule has 1 aliphatic carbocycles. The Kier molecular flexibility index (Phi) is 5.61. The summed E-state index contributed by atoms with van der Waals surface area (Å²) in [6.45, 7) is 4.17. The van der Waals surface area contributed by atoms with Crippen LogP contribution in [0.3, 0.4) is 0 Å². The van der Waals surface area contributed by atoms with Crippen LogP contribution in [0.25, 0.3) is 0 Å². The Bertz CT molecular complexity index is 461. The topological polar surface area (TPSA) is 0 Å². The van der Waals surface area contributed by atoms with E-state index in [0.717, 1.165) is 8.19 Å². The van der Waals surface area contributed by atoms with Crippen molar-refractivity contribution >= 4 is 11.8 Å². The number of halogens is 2. The Hall–Kier alpha value is 0.294. The minimum Gasteiger partial charge on any atom is -1.00 e. The summed E-state index contributed by atoms with van der Waals surface area (Å²) in [5.74, 6) is 2.29. The average Bonchev–Trinajstić information content (AvgIpc) is 2.70. The van der Waals surface area contributed by atoms with E-state index in [-0.39, 0.29) is 24.8 Å². The van der Waals surface area contributed by atoms with Crippen molar-refractivity contribution in [3.05, 3.63) is 52.2 Å². The van der Waals surface area contributed by atoms with Gasteiger partial charge in [-0.25, -0.2) is 0 Å². The zero-order valence-corrected chi connectivity index (χ0v) is 14.5. The van der Waals surface area contributed by atoms with Gasteiger partial charge in [-0.3, -0.25) is 0 Å². The van der Waals surface area contributed by atoms with Crippen molar-refractivity contribution in [3.8, 4) is 0 Å². The molecule has 0 spiro atoms. The quantitative estimate of drug-likeness (QED) is 0.563. The normalized spacial score (nSPS) is 15.5. The second kappa shape index (κ2) is 5.51. The van der Waals surface area contributed by atoms with Gasteiger partial charge in [0.05, 0.1) is 0 Å². The fourth-order valence-corrected chi connectivity index (χ4v) is 11.2. The van der Waals surface area contributed by atoms with Crippen molar-refractivity contribution in [2.75, 3.05) is 0 Å². The summed E-state index contributed by atoms with van der Waals surface area (Å²) in [7, 11) is 0.895. The molecule has 0 nitrogen and oxygen atoms in total. The first-order valence-electron chi connectivity index (χ1n) is 5.34. The number of hydrogen-bond acceptors (Lipinski definition) is 0. The molecule has 4 heteroatoms. The Morgan fingerprint density at radius 1 is 1.18 bits per heavy atom. The van der Waals surface area contributed by atoms with Crippen LogP contribution in [-0.2, 0) is 15.3 Å². The van der Waals surface area contributed by atoms with Crippen molar-refractivity contribution in [1.29, 1.82) is 0 Å². The van der Waals surface area contributed by atoms with Gasteiger partial charge in [0.15, 0.2) is 0 Å². The van der Waals surface area contributed by atoms with Crippen LogP contribution in [0.15, 0.2) is 52.2 Å². The summed E-state index contributed by atoms with van der Waals surface area (Å²) in [5.41, 5.74) is 1.23. The molecular formula is C13H18Cl2PTi. The SMILES string of the molecule is C=C1C=CC=[C]1[Ti+2]([CH3])([CH3])([CH3])[c]1ccc[pH]1.[Cl-].[Cl-]. The third kappa shape index (κ3) is 3.00. The monoisotopic (exact) mass is 323 g/mol. The van der Waals surface area contributed by atoms with Gasteiger partial charge in [-0.2, -0.15) is 0 Å². The van der Waals surface area contributed by atoms with Crippen LogP contribution < -0.4 is 28.4 Å². The molecular weight excluding hydrogens is 306 g/mol. The molecule has 0 saturated carbocycles. The second-order valence-corrected chi connectivity index (χ2v) is 19.1. The summed E-state index contributed by atoms with van der Waals surface area (Å²) in [5, 5.41) is 7.48. The minimum absolute atomic E-state index is 0. The van der Waals surface area contributed by atoms with Gasteiger partial charge in [0.2, 0.25) is 0 Å². The average molecular weight is 324 g/mol. The maximum Gasteiger partial charge on any atom is -1.00 e. The molecule has 2 rings (SSSR count). The number of hydrogen-bond donors (Lipinski definition) is 0. The van der Waals surface area contributed by atoms with E-state index >= 15 is 0 Å². The fourth-order valence-electron chi connectivity index (χ4n) is 2.33. The van der Waals surface area contributed by atoms with Gasteiger partial charge in [-0.15, -0.1) is 0 Å². The molecule has 0 aliphatic heterocycles. The Labute approximate surface area is 119 Å². The Morgan fingerprint density at radius 3 is 2.24 bits per heavy atom. The van der Waals surface area contributed by atoms with Crippen LogP contribution in [0.4, 0.5) is 0 Å². The van der Waals surface area contributed by atoms with E-state index in [9.17, 15) is 0 Å². The molecule has 1 aromatic heterocycles. The third-order valence-corrected chi connectivity index (χ3v) is 15.4. The predicted octanol–water partition coefficient (Wildman–Crippen LogP) is -1.80. The van der Waals surface area contributed by atoms with E-state index in [0.29, 0.717) is 0 Å². The van der Waals surface area contributed by atoms with E-state index in [1.807, 2.05) is 0 Å². The largest absolute Gasteiger partial charge is 1.00 e. The van der Waals surface area contributed by atoms with Crippen molar-refractivity contribution in [3.63, 3.8) is 0 Å². The molecule has 0 aromatic carbocycles. The second-order valence-electron chi connectivity index (χ2n) is 5.67. The predicted molar refractivity (Wildman–Crippen MR) is 69.5 cm³/mol. The molecule has 0 N–H and O–H groups in total. The van der Waals surface area contributed by atoms with E-state index in [1.54, 1.807) is 3.60 Å². The first kappa shape index (κ1) is 17.3. The summed E-state index contributed by atoms with van der Waals surface area (Å²) in [6.07, 6.45) is 6.56. The molecule has 0 fully saturated rings. The zero-order chi connectivity index (χ0) is 11.1. The molecule has 1 aliphatic rings. The molecule has 1 unspecified atom stereocenters. The smallest absolute Gasteiger partial charge is 1.00 e. The van der Waals surface area contributed by atoms with Gasteiger partial charge < -0.3 is 24.8 Å². The van der Waals surface area contributed by atoms with E-state index in [2.05, 4.69) is 58.4 Å². The molecule has 0 bridgehead atoms. The van der Waals surface area contributed by atoms with Crippen LogP contribution in [-0.4, -0.2) is 0 Å². The Balaban J connectivity index is 0.00000128. The van der Waals surface area contributed by atoms with Gasteiger partial charge in [-0.05, 0) is 0 Å². The van der Waals surface area contributed by atoms with Crippen molar-refractivity contribution in [1.82, 2.24) is 0 Å². The number of allylic oxidation sites excluding steroid dienone is 5. The van der Waals surface area contributed by atoms with Crippen LogP contribution in [0.5, 0.6) is 0 Å². The molecule has 93 valence electrons. The van der Waals surface area contributed by atoms with Crippen LogP contribution >= 0.6 is 8.19 Å². The molecule has 1 atom stereocenters. The molecule has 17 heavy (non-hydrogen) atoms. The Morgan fingerprint density at radius 2 is 1.82 bits per heavy atom. The van der Waals surface area contributed by atoms with Gasteiger partial charge in [0.1, 0.15) is 0 Å². The molecule has 1 heterocycles. The maximum absolute atomic E-state index is 4.17. The number of rotatable bonds is 2. The molecule has 0 amide bonds. The minimum atomic E-state index is -2.60. The third-order valence-electron chi connectivity index (χ3n) is 3.39. The van der Waals surface area contributed by atoms with Crippen LogP contribution in [0.1, 0.15) is 0 Å². The van der Waals surface area contributed by atoms with E-state index < -0.39 is 15.3 Å². The molecule has 1 aromatic rings. The van der Waals surface area contributed by atoms with Crippen LogP contribution in [0.2, 0.25) is 15.7 Å². The van der Waals surface area contributed by atoms with Gasteiger partial charge in [0.25, 0.3) is 0 Å². The first-order valence-corrected chi connectivity index (χ1v) is 12.7.